The summed E-state index contributed by atoms with van der Waals surface area (Å²) in [5.41, 5.74) is 2.43. The maximum absolute atomic E-state index is 12.2. The highest BCUT2D eigenvalue weighted by Crippen LogP contribution is 2.18. The quantitative estimate of drug-likeness (QED) is 0.475. The van der Waals surface area contributed by atoms with Crippen LogP contribution in [0.1, 0.15) is 16.8 Å². The molecule has 6 heteroatoms. The highest BCUT2D eigenvalue weighted by Gasteiger charge is 2.14. The van der Waals surface area contributed by atoms with E-state index in [0.29, 0.717) is 12.1 Å². The smallest absolute Gasteiger partial charge is 0.340 e. The van der Waals surface area contributed by atoms with Crippen LogP contribution in [-0.2, 0) is 9.53 Å². The Morgan fingerprint density at radius 1 is 1.07 bits per heavy atom. The fourth-order valence-electron chi connectivity index (χ4n) is 2.86. The molecule has 0 saturated heterocycles. The molecule has 0 unspecified atom stereocenters. The van der Waals surface area contributed by atoms with Crippen molar-refractivity contribution in [2.24, 2.45) is 0 Å². The first-order valence-corrected chi connectivity index (χ1v) is 8.91. The van der Waals surface area contributed by atoms with Crippen LogP contribution in [0.3, 0.4) is 0 Å². The SMILES string of the molecule is CN(CCCNC(=O)COC(=O)c1c[nH]c2ccccc12)c1ccccc1. The zero-order valence-electron chi connectivity index (χ0n) is 15.3. The van der Waals surface area contributed by atoms with Crippen molar-refractivity contribution >= 4 is 28.5 Å². The number of hydrogen-bond acceptors (Lipinski definition) is 4. The molecule has 1 aromatic heterocycles. The summed E-state index contributed by atoms with van der Waals surface area (Å²) in [6.07, 6.45) is 2.40. The van der Waals surface area contributed by atoms with Crippen LogP contribution in [0.4, 0.5) is 5.69 Å². The molecule has 1 heterocycles. The highest BCUT2D eigenvalue weighted by molar-refractivity contribution is 6.04. The maximum Gasteiger partial charge on any atom is 0.340 e. The van der Waals surface area contributed by atoms with Crippen LogP contribution in [-0.4, -0.2) is 43.6 Å². The Labute approximate surface area is 158 Å². The lowest BCUT2D eigenvalue weighted by Gasteiger charge is -2.19. The van der Waals surface area contributed by atoms with Gasteiger partial charge in [-0.15, -0.1) is 0 Å². The van der Waals surface area contributed by atoms with Gasteiger partial charge in [0.1, 0.15) is 0 Å². The van der Waals surface area contributed by atoms with Gasteiger partial charge in [0, 0.05) is 42.9 Å². The third-order valence-electron chi connectivity index (χ3n) is 4.33. The molecule has 0 aliphatic carbocycles. The Morgan fingerprint density at radius 3 is 2.63 bits per heavy atom. The number of para-hydroxylation sites is 2. The van der Waals surface area contributed by atoms with E-state index in [9.17, 15) is 9.59 Å². The zero-order valence-corrected chi connectivity index (χ0v) is 15.3. The molecule has 1 amide bonds. The van der Waals surface area contributed by atoms with Gasteiger partial charge in [-0.2, -0.15) is 0 Å². The fourth-order valence-corrected chi connectivity index (χ4v) is 2.86. The largest absolute Gasteiger partial charge is 0.452 e. The number of nitrogens with one attached hydrogen (secondary N) is 2. The first-order valence-electron chi connectivity index (χ1n) is 8.91. The van der Waals surface area contributed by atoms with E-state index in [1.807, 2.05) is 61.6 Å². The number of esters is 1. The van der Waals surface area contributed by atoms with Gasteiger partial charge in [-0.05, 0) is 24.6 Å². The van der Waals surface area contributed by atoms with E-state index in [1.54, 1.807) is 6.20 Å². The predicted molar refractivity (Wildman–Crippen MR) is 106 cm³/mol. The number of carbonyl (C=O) groups excluding carboxylic acids is 2. The number of H-pyrrole nitrogens is 1. The Kier molecular flexibility index (Phi) is 6.10. The van der Waals surface area contributed by atoms with Gasteiger partial charge in [0.15, 0.2) is 6.61 Å². The number of nitrogens with zero attached hydrogens (tertiary/aromatic N) is 1. The number of aromatic amines is 1. The van der Waals surface area contributed by atoms with Crippen molar-refractivity contribution in [2.75, 3.05) is 31.6 Å². The van der Waals surface area contributed by atoms with Gasteiger partial charge in [0.25, 0.3) is 5.91 Å². The predicted octanol–water partition coefficient (Wildman–Crippen LogP) is 2.97. The van der Waals surface area contributed by atoms with Crippen molar-refractivity contribution in [3.8, 4) is 0 Å². The topological polar surface area (TPSA) is 74.4 Å². The zero-order chi connectivity index (χ0) is 19.1. The van der Waals surface area contributed by atoms with Crippen LogP contribution in [0.2, 0.25) is 0 Å². The Hall–Kier alpha value is -3.28. The van der Waals surface area contributed by atoms with Gasteiger partial charge in [0.05, 0.1) is 5.56 Å². The molecule has 0 spiro atoms. The summed E-state index contributed by atoms with van der Waals surface area (Å²) in [6.45, 7) is 1.06. The molecule has 0 aliphatic heterocycles. The number of amides is 1. The van der Waals surface area contributed by atoms with Crippen LogP contribution in [0.25, 0.3) is 10.9 Å². The average Bonchev–Trinajstić information content (AvgIpc) is 3.14. The van der Waals surface area contributed by atoms with Crippen molar-refractivity contribution in [1.29, 1.82) is 0 Å². The van der Waals surface area contributed by atoms with Gasteiger partial charge in [-0.1, -0.05) is 36.4 Å². The Balaban J connectivity index is 1.38. The lowest BCUT2D eigenvalue weighted by atomic mass is 10.2. The molecule has 27 heavy (non-hydrogen) atoms. The third kappa shape index (κ3) is 4.88. The summed E-state index contributed by atoms with van der Waals surface area (Å²) < 4.78 is 5.12. The minimum atomic E-state index is -0.508. The monoisotopic (exact) mass is 365 g/mol. The molecule has 0 saturated carbocycles. The number of fused-ring (bicyclic) bond motifs is 1. The molecule has 0 bridgehead atoms. The van der Waals surface area contributed by atoms with E-state index in [-0.39, 0.29) is 12.5 Å². The molecular formula is C21H23N3O3. The van der Waals surface area contributed by atoms with Crippen molar-refractivity contribution in [1.82, 2.24) is 10.3 Å². The molecule has 2 aromatic carbocycles. The van der Waals surface area contributed by atoms with Crippen LogP contribution in [0, 0.1) is 0 Å². The Bertz CT molecular complexity index is 905. The first kappa shape index (κ1) is 18.5. The van der Waals surface area contributed by atoms with Crippen LogP contribution >= 0.6 is 0 Å². The van der Waals surface area contributed by atoms with Crippen LogP contribution in [0.15, 0.2) is 60.8 Å². The standard InChI is InChI=1S/C21H23N3O3/c1-24(16-8-3-2-4-9-16)13-7-12-22-20(25)15-27-21(26)18-14-23-19-11-6-5-10-17(18)19/h2-6,8-11,14,23H,7,12-13,15H2,1H3,(H,22,25). The average molecular weight is 365 g/mol. The second-order valence-electron chi connectivity index (χ2n) is 6.28. The molecule has 0 fully saturated rings. The number of benzene rings is 2. The Morgan fingerprint density at radius 2 is 1.81 bits per heavy atom. The molecule has 0 aliphatic rings. The number of aromatic nitrogens is 1. The van der Waals surface area contributed by atoms with E-state index in [2.05, 4.69) is 15.2 Å². The number of anilines is 1. The molecule has 3 rings (SSSR count). The van der Waals surface area contributed by atoms with Crippen LogP contribution < -0.4 is 10.2 Å². The summed E-state index contributed by atoms with van der Waals surface area (Å²) >= 11 is 0. The van der Waals surface area contributed by atoms with Crippen molar-refractivity contribution in [3.63, 3.8) is 0 Å². The second kappa shape index (κ2) is 8.89. The minimum Gasteiger partial charge on any atom is -0.452 e. The highest BCUT2D eigenvalue weighted by atomic mass is 16.5. The molecule has 140 valence electrons. The third-order valence-corrected chi connectivity index (χ3v) is 4.33. The normalized spacial score (nSPS) is 10.6. The van der Waals surface area contributed by atoms with Gasteiger partial charge in [-0.3, -0.25) is 4.79 Å². The van der Waals surface area contributed by atoms with Crippen LogP contribution in [0.5, 0.6) is 0 Å². The number of carbonyl (C=O) groups is 2. The molecular weight excluding hydrogens is 342 g/mol. The lowest BCUT2D eigenvalue weighted by Crippen LogP contribution is -2.31. The van der Waals surface area contributed by atoms with E-state index in [0.717, 1.165) is 29.6 Å². The summed E-state index contributed by atoms with van der Waals surface area (Å²) in [4.78, 5) is 29.2. The van der Waals surface area contributed by atoms with Gasteiger partial charge < -0.3 is 19.9 Å². The van der Waals surface area contributed by atoms with E-state index < -0.39 is 5.97 Å². The van der Waals surface area contributed by atoms with E-state index >= 15 is 0 Å². The lowest BCUT2D eigenvalue weighted by molar-refractivity contribution is -0.124. The molecule has 3 aromatic rings. The summed E-state index contributed by atoms with van der Waals surface area (Å²) in [5, 5.41) is 3.56. The number of rotatable bonds is 8. The van der Waals surface area contributed by atoms with Crippen molar-refractivity contribution in [3.05, 3.63) is 66.4 Å². The van der Waals surface area contributed by atoms with Gasteiger partial charge >= 0.3 is 5.97 Å². The van der Waals surface area contributed by atoms with E-state index in [1.165, 1.54) is 0 Å². The number of ether oxygens (including phenoxy) is 1. The molecule has 0 radical (unpaired) electrons. The molecule has 6 nitrogen and oxygen atoms in total. The van der Waals surface area contributed by atoms with Crippen molar-refractivity contribution < 1.29 is 14.3 Å². The summed E-state index contributed by atoms with van der Waals surface area (Å²) in [7, 11) is 2.01. The molecule has 2 N–H and O–H groups in total. The molecule has 0 atom stereocenters. The van der Waals surface area contributed by atoms with Crippen molar-refractivity contribution in [2.45, 2.75) is 6.42 Å². The van der Waals surface area contributed by atoms with E-state index in [4.69, 9.17) is 4.74 Å². The summed E-state index contributed by atoms with van der Waals surface area (Å²) in [6, 6.07) is 17.5. The summed E-state index contributed by atoms with van der Waals surface area (Å²) in [5.74, 6) is -0.808. The van der Waals surface area contributed by atoms with Gasteiger partial charge in [0.2, 0.25) is 0 Å². The minimum absolute atomic E-state index is 0.285. The fraction of sp³-hybridized carbons (Fsp3) is 0.238. The second-order valence-corrected chi connectivity index (χ2v) is 6.28. The van der Waals surface area contributed by atoms with Gasteiger partial charge in [-0.25, -0.2) is 4.79 Å². The first-order chi connectivity index (χ1) is 13.1. The number of hydrogen-bond donors (Lipinski definition) is 2. The maximum atomic E-state index is 12.2.